The van der Waals surface area contributed by atoms with E-state index in [1.807, 2.05) is 36.4 Å². The molecule has 3 atom stereocenters. The number of phenolic OH excluding ortho intramolecular Hbond substituents is 1. The molecule has 0 radical (unpaired) electrons. The highest BCUT2D eigenvalue weighted by molar-refractivity contribution is 5.86. The van der Waals surface area contributed by atoms with Gasteiger partial charge in [0.15, 0.2) is 0 Å². The van der Waals surface area contributed by atoms with E-state index in [1.54, 1.807) is 12.1 Å². The second-order valence-electron chi connectivity index (χ2n) is 7.92. The van der Waals surface area contributed by atoms with Gasteiger partial charge in [-0.15, -0.1) is 0 Å². The van der Waals surface area contributed by atoms with Crippen LogP contribution in [0.15, 0.2) is 42.5 Å². The minimum Gasteiger partial charge on any atom is -0.508 e. The smallest absolute Gasteiger partial charge is 0.303 e. The normalized spacial score (nSPS) is 22.0. The molecule has 0 spiro atoms. The zero-order valence-electron chi connectivity index (χ0n) is 16.5. The Kier molecular flexibility index (Phi) is 7.04. The Hall–Kier alpha value is -2.66. The van der Waals surface area contributed by atoms with Crippen molar-refractivity contribution < 1.29 is 24.9 Å². The molecule has 1 aliphatic rings. The van der Waals surface area contributed by atoms with E-state index in [0.717, 1.165) is 42.0 Å². The third-order valence-electron chi connectivity index (χ3n) is 5.75. The number of benzene rings is 2. The average molecular weight is 396 g/mol. The maximum absolute atomic E-state index is 12.3. The molecule has 3 N–H and O–H groups in total. The molecule has 0 aliphatic heterocycles. The zero-order valence-corrected chi connectivity index (χ0v) is 16.5. The Morgan fingerprint density at radius 3 is 2.55 bits per heavy atom. The van der Waals surface area contributed by atoms with E-state index in [0.29, 0.717) is 6.42 Å². The van der Waals surface area contributed by atoms with Gasteiger partial charge in [-0.1, -0.05) is 49.6 Å². The number of aliphatic hydroxyl groups excluding tert-OH is 1. The van der Waals surface area contributed by atoms with Crippen LogP contribution >= 0.6 is 0 Å². The van der Waals surface area contributed by atoms with Crippen LogP contribution < -0.4 is 0 Å². The fraction of sp³-hybridized carbons (Fsp3) is 0.417. The minimum atomic E-state index is -0.769. The maximum Gasteiger partial charge on any atom is 0.303 e. The lowest BCUT2D eigenvalue weighted by molar-refractivity contribution is -0.137. The standard InChI is InChI=1S/C24H28O5/c25-19-11-10-17-13-16(7-9-18(17)14-19)8-12-21-20(22(26)15-23(21)27)5-3-1-2-4-6-24(28)29/h7-14,20-21,23,25,27H,1-6,15H2,(H,28,29). The lowest BCUT2D eigenvalue weighted by Crippen LogP contribution is -2.18. The first-order chi connectivity index (χ1) is 13.9. The third-order valence-corrected chi connectivity index (χ3v) is 5.75. The summed E-state index contributed by atoms with van der Waals surface area (Å²) in [5, 5.41) is 30.6. The molecular weight excluding hydrogens is 368 g/mol. The van der Waals surface area contributed by atoms with Crippen LogP contribution in [0.1, 0.15) is 50.5 Å². The Morgan fingerprint density at radius 1 is 1.03 bits per heavy atom. The summed E-state index contributed by atoms with van der Waals surface area (Å²) in [6, 6.07) is 11.2. The number of hydrogen-bond donors (Lipinski definition) is 3. The number of Topliss-reactive ketones (excluding diaryl/α,β-unsaturated/α-hetero) is 1. The number of ketones is 1. The zero-order chi connectivity index (χ0) is 20.8. The van der Waals surface area contributed by atoms with Crippen LogP contribution in [0.3, 0.4) is 0 Å². The van der Waals surface area contributed by atoms with Crippen molar-refractivity contribution in [3.8, 4) is 5.75 Å². The third kappa shape index (κ3) is 5.67. The molecule has 1 aliphatic carbocycles. The molecule has 2 aromatic rings. The lowest BCUT2D eigenvalue weighted by atomic mass is 9.88. The molecule has 154 valence electrons. The molecule has 29 heavy (non-hydrogen) atoms. The molecule has 5 heteroatoms. The molecule has 0 aromatic heterocycles. The number of unbranched alkanes of at least 4 members (excludes halogenated alkanes) is 3. The molecule has 2 aromatic carbocycles. The molecule has 0 heterocycles. The second kappa shape index (κ2) is 9.70. The van der Waals surface area contributed by atoms with E-state index in [-0.39, 0.29) is 36.2 Å². The number of aromatic hydroxyl groups is 1. The number of carboxylic acid groups (broad SMARTS) is 1. The van der Waals surface area contributed by atoms with Crippen molar-refractivity contribution in [3.63, 3.8) is 0 Å². The van der Waals surface area contributed by atoms with Gasteiger partial charge in [-0.25, -0.2) is 0 Å². The number of phenols is 1. The number of aliphatic carboxylic acids is 1. The van der Waals surface area contributed by atoms with Gasteiger partial charge < -0.3 is 15.3 Å². The van der Waals surface area contributed by atoms with Gasteiger partial charge >= 0.3 is 5.97 Å². The summed E-state index contributed by atoms with van der Waals surface area (Å²) in [6.07, 6.45) is 7.68. The summed E-state index contributed by atoms with van der Waals surface area (Å²) in [7, 11) is 0. The summed E-state index contributed by atoms with van der Waals surface area (Å²) < 4.78 is 0. The van der Waals surface area contributed by atoms with Gasteiger partial charge in [0, 0.05) is 24.7 Å². The van der Waals surface area contributed by atoms with Crippen LogP contribution in [0, 0.1) is 11.8 Å². The highest BCUT2D eigenvalue weighted by atomic mass is 16.4. The van der Waals surface area contributed by atoms with E-state index in [9.17, 15) is 19.8 Å². The first-order valence-electron chi connectivity index (χ1n) is 10.3. The molecule has 1 fully saturated rings. The van der Waals surface area contributed by atoms with Gasteiger partial charge in [0.2, 0.25) is 0 Å². The number of rotatable bonds is 9. The number of carbonyl (C=O) groups excluding carboxylic acids is 1. The van der Waals surface area contributed by atoms with Crippen molar-refractivity contribution >= 4 is 28.6 Å². The molecule has 3 unspecified atom stereocenters. The average Bonchev–Trinajstić information content (AvgIpc) is 2.95. The Balaban J connectivity index is 1.60. The van der Waals surface area contributed by atoms with E-state index in [4.69, 9.17) is 5.11 Å². The maximum atomic E-state index is 12.3. The topological polar surface area (TPSA) is 94.8 Å². The number of carboxylic acids is 1. The summed E-state index contributed by atoms with van der Waals surface area (Å²) in [5.74, 6) is -0.768. The molecule has 1 saturated carbocycles. The number of hydrogen-bond acceptors (Lipinski definition) is 4. The quantitative estimate of drug-likeness (QED) is 0.541. The van der Waals surface area contributed by atoms with Crippen LogP contribution in [0.25, 0.3) is 16.8 Å². The van der Waals surface area contributed by atoms with Gasteiger partial charge in [0.25, 0.3) is 0 Å². The van der Waals surface area contributed by atoms with Gasteiger partial charge in [-0.2, -0.15) is 0 Å². The van der Waals surface area contributed by atoms with Gasteiger partial charge in [0.05, 0.1) is 6.10 Å². The first-order valence-corrected chi connectivity index (χ1v) is 10.3. The fourth-order valence-corrected chi connectivity index (χ4v) is 4.16. The SMILES string of the molecule is O=C(O)CCCCCCC1C(=O)CC(O)C1C=Cc1ccc2cc(O)ccc2c1. The van der Waals surface area contributed by atoms with Crippen molar-refractivity contribution in [1.29, 1.82) is 0 Å². The highest BCUT2D eigenvalue weighted by Gasteiger charge is 2.39. The Morgan fingerprint density at radius 2 is 1.76 bits per heavy atom. The van der Waals surface area contributed by atoms with Crippen LogP contribution in [-0.2, 0) is 9.59 Å². The van der Waals surface area contributed by atoms with Crippen LogP contribution in [-0.4, -0.2) is 33.2 Å². The van der Waals surface area contributed by atoms with Crippen molar-refractivity contribution in [3.05, 3.63) is 48.0 Å². The molecule has 0 bridgehead atoms. The predicted molar refractivity (Wildman–Crippen MR) is 113 cm³/mol. The fourth-order valence-electron chi connectivity index (χ4n) is 4.16. The van der Waals surface area contributed by atoms with E-state index >= 15 is 0 Å². The summed E-state index contributed by atoms with van der Waals surface area (Å²) in [6.45, 7) is 0. The monoisotopic (exact) mass is 396 g/mol. The summed E-state index contributed by atoms with van der Waals surface area (Å²) >= 11 is 0. The second-order valence-corrected chi connectivity index (χ2v) is 7.92. The minimum absolute atomic E-state index is 0.117. The molecular formula is C24H28O5. The van der Waals surface area contributed by atoms with Gasteiger partial charge in [-0.3, -0.25) is 9.59 Å². The highest BCUT2D eigenvalue weighted by Crippen LogP contribution is 2.35. The first kappa shape index (κ1) is 21.1. The van der Waals surface area contributed by atoms with Gasteiger partial charge in [0.1, 0.15) is 11.5 Å². The largest absolute Gasteiger partial charge is 0.508 e. The van der Waals surface area contributed by atoms with Crippen molar-refractivity contribution in [2.24, 2.45) is 11.8 Å². The number of aliphatic hydroxyl groups is 1. The Labute approximate surface area is 170 Å². The van der Waals surface area contributed by atoms with Crippen molar-refractivity contribution in [2.45, 2.75) is 51.0 Å². The molecule has 5 nitrogen and oxygen atoms in total. The van der Waals surface area contributed by atoms with Gasteiger partial charge in [-0.05, 0) is 47.4 Å². The van der Waals surface area contributed by atoms with Crippen LogP contribution in [0.4, 0.5) is 0 Å². The molecule has 0 saturated heterocycles. The van der Waals surface area contributed by atoms with Crippen molar-refractivity contribution in [1.82, 2.24) is 0 Å². The lowest BCUT2D eigenvalue weighted by Gasteiger charge is -2.17. The number of carbonyl (C=O) groups is 2. The summed E-state index contributed by atoms with van der Waals surface area (Å²) in [5.41, 5.74) is 0.988. The van der Waals surface area contributed by atoms with Crippen LogP contribution in [0.2, 0.25) is 0 Å². The van der Waals surface area contributed by atoms with Crippen LogP contribution in [0.5, 0.6) is 5.75 Å². The Bertz CT molecular complexity index is 901. The predicted octanol–water partition coefficient (Wildman–Crippen LogP) is 4.55. The van der Waals surface area contributed by atoms with E-state index in [2.05, 4.69) is 0 Å². The summed E-state index contributed by atoms with van der Waals surface area (Å²) in [4.78, 5) is 22.9. The molecule has 0 amide bonds. The van der Waals surface area contributed by atoms with E-state index < -0.39 is 12.1 Å². The van der Waals surface area contributed by atoms with E-state index in [1.165, 1.54) is 0 Å². The molecule has 3 rings (SSSR count). The number of fused-ring (bicyclic) bond motifs is 1. The van der Waals surface area contributed by atoms with Crippen molar-refractivity contribution in [2.75, 3.05) is 0 Å².